The maximum Gasteiger partial charge on any atom is 0.473 e. The zero-order valence-corrected chi connectivity index (χ0v) is 8.44. The first-order chi connectivity index (χ1) is 8.64. The highest BCUT2D eigenvalue weighted by atomic mass is 19.4. The van der Waals surface area contributed by atoms with Crippen LogP contribution in [0.2, 0.25) is 0 Å². The van der Waals surface area contributed by atoms with Gasteiger partial charge in [0.05, 0.1) is 0 Å². The number of hydrogen-bond donors (Lipinski definition) is 0. The first-order valence-corrected chi connectivity index (χ1v) is 3.93. The summed E-state index contributed by atoms with van der Waals surface area (Å²) in [4.78, 5) is 0. The molecular formula is C7F12O. The van der Waals surface area contributed by atoms with E-state index in [4.69, 9.17) is 0 Å². The van der Waals surface area contributed by atoms with Gasteiger partial charge in [-0.15, -0.1) is 0 Å². The fourth-order valence-corrected chi connectivity index (χ4v) is 0.605. The summed E-state index contributed by atoms with van der Waals surface area (Å²) in [6.45, 7) is 0. The summed E-state index contributed by atoms with van der Waals surface area (Å²) >= 11 is 0. The molecule has 0 aromatic carbocycles. The van der Waals surface area contributed by atoms with Gasteiger partial charge in [-0.2, -0.15) is 48.3 Å². The number of allylic oxidation sites excluding steroid dienone is 1. The summed E-state index contributed by atoms with van der Waals surface area (Å²) < 4.78 is 145. The molecule has 0 spiro atoms. The number of rotatable bonds is 4. The minimum Gasteiger partial charge on any atom is -0.397 e. The monoisotopic (exact) mass is 328 g/mol. The maximum atomic E-state index is 12.5. The molecule has 13 heteroatoms. The lowest BCUT2D eigenvalue weighted by Crippen LogP contribution is -2.44. The second kappa shape index (κ2) is 5.44. The van der Waals surface area contributed by atoms with E-state index in [1.54, 1.807) is 0 Å². The van der Waals surface area contributed by atoms with E-state index in [-0.39, 0.29) is 0 Å². The molecule has 0 radical (unpaired) electrons. The minimum absolute atomic E-state index is 2.02. The van der Waals surface area contributed by atoms with E-state index in [0.717, 1.165) is 0 Å². The summed E-state index contributed by atoms with van der Waals surface area (Å²) in [5.41, 5.74) is 0. The SMILES string of the molecule is FC(F)=C(F)OC(F)(F)C(F)(F)/C(F)=C(\F)C(F)(F)F. The molecular weight excluding hydrogens is 328 g/mol. The number of hydrogen-bond acceptors (Lipinski definition) is 1. The molecule has 0 saturated carbocycles. The summed E-state index contributed by atoms with van der Waals surface area (Å²) in [6.07, 6.45) is -16.6. The van der Waals surface area contributed by atoms with E-state index >= 15 is 0 Å². The third kappa shape index (κ3) is 3.72. The molecule has 0 aliphatic heterocycles. The topological polar surface area (TPSA) is 9.23 Å². The van der Waals surface area contributed by atoms with Crippen LogP contribution in [0.15, 0.2) is 23.7 Å². The number of alkyl halides is 7. The van der Waals surface area contributed by atoms with Crippen molar-refractivity contribution in [2.45, 2.75) is 18.2 Å². The molecule has 0 fully saturated rings. The highest BCUT2D eigenvalue weighted by Crippen LogP contribution is 2.46. The zero-order chi connectivity index (χ0) is 16.5. The summed E-state index contributed by atoms with van der Waals surface area (Å²) in [7, 11) is 0. The van der Waals surface area contributed by atoms with E-state index in [1.807, 2.05) is 4.74 Å². The average molecular weight is 328 g/mol. The third-order valence-electron chi connectivity index (χ3n) is 1.45. The predicted octanol–water partition coefficient (Wildman–Crippen LogP) is 4.98. The van der Waals surface area contributed by atoms with Crippen LogP contribution in [0.4, 0.5) is 52.7 Å². The Morgan fingerprint density at radius 3 is 1.35 bits per heavy atom. The van der Waals surface area contributed by atoms with Gasteiger partial charge in [-0.05, 0) is 0 Å². The van der Waals surface area contributed by atoms with Crippen molar-refractivity contribution < 1.29 is 57.4 Å². The van der Waals surface area contributed by atoms with Crippen molar-refractivity contribution in [2.24, 2.45) is 0 Å². The molecule has 0 aromatic rings. The first kappa shape index (κ1) is 18.4. The van der Waals surface area contributed by atoms with Gasteiger partial charge in [-0.3, -0.25) is 0 Å². The smallest absolute Gasteiger partial charge is 0.397 e. The second-order valence-corrected chi connectivity index (χ2v) is 2.85. The predicted molar refractivity (Wildman–Crippen MR) is 36.6 cm³/mol. The quantitative estimate of drug-likeness (QED) is 0.522. The van der Waals surface area contributed by atoms with E-state index in [2.05, 4.69) is 0 Å². The van der Waals surface area contributed by atoms with Gasteiger partial charge in [0, 0.05) is 0 Å². The van der Waals surface area contributed by atoms with Crippen molar-refractivity contribution in [1.82, 2.24) is 0 Å². The van der Waals surface area contributed by atoms with E-state index < -0.39 is 42.0 Å². The molecule has 0 amide bonds. The largest absolute Gasteiger partial charge is 0.473 e. The van der Waals surface area contributed by atoms with Gasteiger partial charge in [-0.1, -0.05) is 0 Å². The summed E-state index contributed by atoms with van der Waals surface area (Å²) in [5.74, 6) is -15.3. The highest BCUT2D eigenvalue weighted by molar-refractivity contribution is 5.16. The van der Waals surface area contributed by atoms with Gasteiger partial charge in [-0.25, -0.2) is 4.39 Å². The molecule has 0 rings (SSSR count). The molecule has 0 aromatic heterocycles. The van der Waals surface area contributed by atoms with Crippen LogP contribution in [0.25, 0.3) is 0 Å². The van der Waals surface area contributed by atoms with Gasteiger partial charge in [0.1, 0.15) is 0 Å². The Labute approximate surface area is 101 Å². The highest BCUT2D eigenvalue weighted by Gasteiger charge is 2.66. The Hall–Kier alpha value is -1.56. The van der Waals surface area contributed by atoms with Gasteiger partial charge in [0.2, 0.25) is 11.7 Å². The Morgan fingerprint density at radius 2 is 1.05 bits per heavy atom. The molecule has 0 aliphatic rings. The van der Waals surface area contributed by atoms with Gasteiger partial charge < -0.3 is 4.74 Å². The minimum atomic E-state index is -6.70. The lowest BCUT2D eigenvalue weighted by molar-refractivity contribution is -0.332. The fraction of sp³-hybridized carbons (Fsp3) is 0.429. The zero-order valence-electron chi connectivity index (χ0n) is 8.44. The Balaban J connectivity index is 5.69. The van der Waals surface area contributed by atoms with Crippen molar-refractivity contribution in [3.05, 3.63) is 23.7 Å². The van der Waals surface area contributed by atoms with Crippen LogP contribution in [0.3, 0.4) is 0 Å². The van der Waals surface area contributed by atoms with Crippen LogP contribution in [-0.4, -0.2) is 18.2 Å². The molecule has 0 aliphatic carbocycles. The van der Waals surface area contributed by atoms with Crippen molar-refractivity contribution in [1.29, 1.82) is 0 Å². The Morgan fingerprint density at radius 1 is 0.650 bits per heavy atom. The number of halogens is 12. The molecule has 118 valence electrons. The lowest BCUT2D eigenvalue weighted by Gasteiger charge is -2.24. The van der Waals surface area contributed by atoms with Crippen LogP contribution in [0.1, 0.15) is 0 Å². The molecule has 0 heterocycles. The molecule has 0 unspecified atom stereocenters. The fourth-order valence-electron chi connectivity index (χ4n) is 0.605. The summed E-state index contributed by atoms with van der Waals surface area (Å²) in [5, 5.41) is 0. The van der Waals surface area contributed by atoms with Crippen molar-refractivity contribution in [2.75, 3.05) is 0 Å². The normalized spacial score (nSPS) is 14.8. The van der Waals surface area contributed by atoms with Crippen molar-refractivity contribution >= 4 is 0 Å². The van der Waals surface area contributed by atoms with Crippen molar-refractivity contribution in [3.8, 4) is 0 Å². The standard InChI is InChI=1S/C7F12O/c8-1(2(9)6(15,16)17)5(13,14)7(18,19)20-4(12)3(10)11/b2-1+. The molecule has 0 atom stereocenters. The molecule has 0 bridgehead atoms. The van der Waals surface area contributed by atoms with Gasteiger partial charge in [0.25, 0.3) is 0 Å². The van der Waals surface area contributed by atoms with Crippen LogP contribution < -0.4 is 0 Å². The molecule has 0 saturated heterocycles. The van der Waals surface area contributed by atoms with E-state index in [1.165, 1.54) is 0 Å². The van der Waals surface area contributed by atoms with Crippen LogP contribution >= 0.6 is 0 Å². The van der Waals surface area contributed by atoms with Gasteiger partial charge >= 0.3 is 30.3 Å². The van der Waals surface area contributed by atoms with Crippen LogP contribution in [0.5, 0.6) is 0 Å². The lowest BCUT2D eigenvalue weighted by atomic mass is 10.2. The van der Waals surface area contributed by atoms with E-state index in [9.17, 15) is 52.7 Å². The third-order valence-corrected chi connectivity index (χ3v) is 1.45. The maximum absolute atomic E-state index is 12.5. The molecule has 1 nitrogen and oxygen atoms in total. The number of ether oxygens (including phenoxy) is 1. The first-order valence-electron chi connectivity index (χ1n) is 3.93. The van der Waals surface area contributed by atoms with Crippen molar-refractivity contribution in [3.63, 3.8) is 0 Å². The Kier molecular flexibility index (Phi) is 5.01. The van der Waals surface area contributed by atoms with Crippen LogP contribution in [0, 0.1) is 0 Å². The molecule has 0 N–H and O–H groups in total. The summed E-state index contributed by atoms with van der Waals surface area (Å²) in [6, 6.07) is -3.60. The average Bonchev–Trinajstić information content (AvgIpc) is 2.24. The second-order valence-electron chi connectivity index (χ2n) is 2.85. The Bertz CT molecular complexity index is 426. The molecule has 20 heavy (non-hydrogen) atoms. The van der Waals surface area contributed by atoms with Crippen LogP contribution in [-0.2, 0) is 4.74 Å². The van der Waals surface area contributed by atoms with Gasteiger partial charge in [0.15, 0.2) is 0 Å². The van der Waals surface area contributed by atoms with E-state index in [0.29, 0.717) is 0 Å².